The number of benzene rings is 2. The summed E-state index contributed by atoms with van der Waals surface area (Å²) in [5.74, 6) is 0.0344. The van der Waals surface area contributed by atoms with Gasteiger partial charge < -0.3 is 20.1 Å². The third-order valence-electron chi connectivity index (χ3n) is 6.94. The summed E-state index contributed by atoms with van der Waals surface area (Å²) in [7, 11) is 0. The van der Waals surface area contributed by atoms with E-state index < -0.39 is 12.1 Å². The zero-order chi connectivity index (χ0) is 28.3. The number of nitrogens with one attached hydrogen (secondary N) is 2. The molecule has 0 fully saturated rings. The van der Waals surface area contributed by atoms with Crippen molar-refractivity contribution in [3.05, 3.63) is 74.7 Å². The van der Waals surface area contributed by atoms with Gasteiger partial charge in [-0.3, -0.25) is 9.59 Å². The normalized spacial score (nSPS) is 15.2. The quantitative estimate of drug-likeness (QED) is 0.308. The van der Waals surface area contributed by atoms with Gasteiger partial charge >= 0.3 is 5.97 Å². The Balaban J connectivity index is 1.43. The molecule has 0 saturated carbocycles. The molecule has 3 aromatic rings. The van der Waals surface area contributed by atoms with Gasteiger partial charge in [0.2, 0.25) is 0 Å². The Bertz CT molecular complexity index is 1370. The number of amides is 2. The molecule has 0 saturated heterocycles. The Morgan fingerprint density at radius 3 is 2.36 bits per heavy atom. The molecule has 206 valence electrons. The fourth-order valence-corrected chi connectivity index (χ4v) is 6.37. The van der Waals surface area contributed by atoms with Crippen LogP contribution in [0.2, 0.25) is 0 Å². The molecule has 2 atom stereocenters. The standard InChI is InChI=1S/C31H36N2O5S/c1-7-37-31(36)26-24-13-8-17(2)16-25(24)39-30(26)33-29(35)22-9-11-23(12-10-22)38-21(6)28(34)32-27-19(4)14-18(3)15-20(27)5/h9-12,14-15,17,21H,7-8,13,16H2,1-6H3,(H,32,34)(H,33,35). The molecule has 7 nitrogen and oxygen atoms in total. The summed E-state index contributed by atoms with van der Waals surface area (Å²) in [6, 6.07) is 10.7. The van der Waals surface area contributed by atoms with Gasteiger partial charge in [0, 0.05) is 16.1 Å². The number of hydrogen-bond acceptors (Lipinski definition) is 6. The molecule has 8 heteroatoms. The Morgan fingerprint density at radius 2 is 1.72 bits per heavy atom. The number of fused-ring (bicyclic) bond motifs is 1. The molecule has 0 spiro atoms. The second-order valence-corrected chi connectivity index (χ2v) is 11.4. The Morgan fingerprint density at radius 1 is 1.05 bits per heavy atom. The van der Waals surface area contributed by atoms with Crippen LogP contribution >= 0.6 is 11.3 Å². The highest BCUT2D eigenvalue weighted by atomic mass is 32.1. The summed E-state index contributed by atoms with van der Waals surface area (Å²) in [5.41, 5.74) is 5.82. The van der Waals surface area contributed by atoms with E-state index >= 15 is 0 Å². The Hall–Kier alpha value is -3.65. The average molecular weight is 549 g/mol. The highest BCUT2D eigenvalue weighted by Crippen LogP contribution is 2.40. The van der Waals surface area contributed by atoms with Gasteiger partial charge in [-0.05, 0) is 101 Å². The van der Waals surface area contributed by atoms with E-state index in [4.69, 9.17) is 9.47 Å². The zero-order valence-electron chi connectivity index (χ0n) is 23.4. The van der Waals surface area contributed by atoms with E-state index in [9.17, 15) is 14.4 Å². The van der Waals surface area contributed by atoms with Crippen LogP contribution in [0.25, 0.3) is 0 Å². The van der Waals surface area contributed by atoms with Gasteiger partial charge in [-0.15, -0.1) is 11.3 Å². The lowest BCUT2D eigenvalue weighted by molar-refractivity contribution is -0.122. The fraction of sp³-hybridized carbons (Fsp3) is 0.387. The van der Waals surface area contributed by atoms with E-state index in [2.05, 4.69) is 17.6 Å². The minimum atomic E-state index is -0.739. The molecule has 1 aliphatic rings. The second-order valence-electron chi connectivity index (χ2n) is 10.3. The smallest absolute Gasteiger partial charge is 0.341 e. The van der Waals surface area contributed by atoms with Crippen LogP contribution in [0.5, 0.6) is 5.75 Å². The lowest BCUT2D eigenvalue weighted by Gasteiger charge is -2.18. The molecule has 2 unspecified atom stereocenters. The number of esters is 1. The highest BCUT2D eigenvalue weighted by molar-refractivity contribution is 7.17. The Labute approximate surface area is 233 Å². The van der Waals surface area contributed by atoms with Crippen molar-refractivity contribution < 1.29 is 23.9 Å². The summed E-state index contributed by atoms with van der Waals surface area (Å²) in [5, 5.41) is 6.43. The molecule has 2 N–H and O–H groups in total. The monoisotopic (exact) mass is 548 g/mol. The molecule has 2 amide bonds. The lowest BCUT2D eigenvalue weighted by atomic mass is 9.88. The third-order valence-corrected chi connectivity index (χ3v) is 8.11. The predicted molar refractivity (Wildman–Crippen MR) is 155 cm³/mol. The van der Waals surface area contributed by atoms with E-state index in [1.165, 1.54) is 11.3 Å². The molecule has 0 bridgehead atoms. The number of carbonyl (C=O) groups is 3. The summed E-state index contributed by atoms with van der Waals surface area (Å²) in [4.78, 5) is 39.8. The average Bonchev–Trinajstić information content (AvgIpc) is 3.23. The number of rotatable bonds is 8. The topological polar surface area (TPSA) is 93.7 Å². The van der Waals surface area contributed by atoms with Gasteiger partial charge in [0.1, 0.15) is 10.8 Å². The van der Waals surface area contributed by atoms with Crippen molar-refractivity contribution >= 4 is 39.8 Å². The van der Waals surface area contributed by atoms with Crippen LogP contribution < -0.4 is 15.4 Å². The summed E-state index contributed by atoms with van der Waals surface area (Å²) in [6.45, 7) is 11.9. The van der Waals surface area contributed by atoms with Gasteiger partial charge in [0.05, 0.1) is 12.2 Å². The SMILES string of the molecule is CCOC(=O)c1c(NC(=O)c2ccc(OC(C)C(=O)Nc3c(C)cc(C)cc3C)cc2)sc2c1CCC(C)C2. The maximum absolute atomic E-state index is 13.1. The van der Waals surface area contributed by atoms with Gasteiger partial charge in [-0.1, -0.05) is 24.6 Å². The predicted octanol–water partition coefficient (Wildman–Crippen LogP) is 6.63. The van der Waals surface area contributed by atoms with Crippen molar-refractivity contribution in [2.45, 2.75) is 66.9 Å². The highest BCUT2D eigenvalue weighted by Gasteiger charge is 2.29. The van der Waals surface area contributed by atoms with Gasteiger partial charge in [-0.25, -0.2) is 4.79 Å². The van der Waals surface area contributed by atoms with Crippen LogP contribution in [0.4, 0.5) is 10.7 Å². The molecule has 39 heavy (non-hydrogen) atoms. The summed E-state index contributed by atoms with van der Waals surface area (Å²) >= 11 is 1.46. The molecule has 1 aliphatic carbocycles. The van der Waals surface area contributed by atoms with Crippen LogP contribution in [0.15, 0.2) is 36.4 Å². The van der Waals surface area contributed by atoms with E-state index in [0.29, 0.717) is 27.8 Å². The van der Waals surface area contributed by atoms with Crippen LogP contribution in [0.3, 0.4) is 0 Å². The first-order chi connectivity index (χ1) is 18.6. The third kappa shape index (κ3) is 6.50. The molecule has 4 rings (SSSR count). The minimum absolute atomic E-state index is 0.255. The van der Waals surface area contributed by atoms with Crippen molar-refractivity contribution in [1.82, 2.24) is 0 Å². The molecule has 0 radical (unpaired) electrons. The minimum Gasteiger partial charge on any atom is -0.481 e. The number of aryl methyl sites for hydroxylation is 3. The first-order valence-electron chi connectivity index (χ1n) is 13.4. The molecule has 1 heterocycles. The van der Waals surface area contributed by atoms with Crippen molar-refractivity contribution in [3.8, 4) is 5.75 Å². The first-order valence-corrected chi connectivity index (χ1v) is 14.2. The van der Waals surface area contributed by atoms with Crippen LogP contribution in [0.1, 0.15) is 75.0 Å². The number of carbonyl (C=O) groups excluding carboxylic acids is 3. The van der Waals surface area contributed by atoms with Crippen LogP contribution in [-0.2, 0) is 22.4 Å². The van der Waals surface area contributed by atoms with Crippen LogP contribution in [0, 0.1) is 26.7 Å². The summed E-state index contributed by atoms with van der Waals surface area (Å²) in [6.07, 6.45) is 1.96. The van der Waals surface area contributed by atoms with Crippen molar-refractivity contribution in [2.24, 2.45) is 5.92 Å². The van der Waals surface area contributed by atoms with Gasteiger partial charge in [-0.2, -0.15) is 0 Å². The van der Waals surface area contributed by atoms with Gasteiger partial charge in [0.15, 0.2) is 6.10 Å². The zero-order valence-corrected chi connectivity index (χ0v) is 24.2. The molecular weight excluding hydrogens is 512 g/mol. The second kappa shape index (κ2) is 12.0. The lowest BCUT2D eigenvalue weighted by Crippen LogP contribution is -2.30. The number of ether oxygens (including phenoxy) is 2. The molecular formula is C31H36N2O5S. The number of hydrogen-bond donors (Lipinski definition) is 2. The first kappa shape index (κ1) is 28.4. The van der Waals surface area contributed by atoms with E-state index in [0.717, 1.165) is 52.1 Å². The fourth-order valence-electron chi connectivity index (χ4n) is 4.98. The molecule has 1 aromatic heterocycles. The van der Waals surface area contributed by atoms with Crippen molar-refractivity contribution in [2.75, 3.05) is 17.2 Å². The van der Waals surface area contributed by atoms with E-state index in [-0.39, 0.29) is 18.4 Å². The van der Waals surface area contributed by atoms with Gasteiger partial charge in [0.25, 0.3) is 11.8 Å². The van der Waals surface area contributed by atoms with E-state index in [1.54, 1.807) is 38.1 Å². The summed E-state index contributed by atoms with van der Waals surface area (Å²) < 4.78 is 11.1. The number of thiophene rings is 1. The van der Waals surface area contributed by atoms with E-state index in [1.807, 2.05) is 32.9 Å². The largest absolute Gasteiger partial charge is 0.481 e. The molecule has 2 aromatic carbocycles. The van der Waals surface area contributed by atoms with Crippen molar-refractivity contribution in [3.63, 3.8) is 0 Å². The molecule has 0 aliphatic heterocycles. The van der Waals surface area contributed by atoms with Crippen molar-refractivity contribution in [1.29, 1.82) is 0 Å². The number of anilines is 2. The Kier molecular flexibility index (Phi) is 8.75. The maximum Gasteiger partial charge on any atom is 0.341 e. The van der Waals surface area contributed by atoms with Crippen LogP contribution in [-0.4, -0.2) is 30.5 Å². The maximum atomic E-state index is 13.1.